The molecular weight excluding hydrogens is 90.1 g/mol. The second-order valence-electron chi connectivity index (χ2n) is 1.52. The monoisotopic (exact) mass is 99.1 g/mol. The van der Waals surface area contributed by atoms with Gasteiger partial charge in [0.05, 0.1) is 19.6 Å². The van der Waals surface area contributed by atoms with Gasteiger partial charge in [0.15, 0.2) is 0 Å². The van der Waals surface area contributed by atoms with E-state index in [9.17, 15) is 0 Å². The number of hydrogen-bond donors (Lipinski definition) is 1. The Bertz CT molecular complexity index is 79.0. The number of aliphatic imine (C=N–C) groups is 1. The first-order valence-corrected chi connectivity index (χ1v) is 2.37. The number of nitrogens with zero attached hydrogens (tertiary/aromatic N) is 2. The molecule has 1 rings (SSSR count). The number of nitrogens with two attached hydrogens (primary N) is 1. The maximum absolute atomic E-state index is 5.27. The Labute approximate surface area is 42.8 Å². The van der Waals surface area contributed by atoms with Crippen LogP contribution in [0.25, 0.3) is 0 Å². The second kappa shape index (κ2) is 1.93. The van der Waals surface area contributed by atoms with Gasteiger partial charge in [0.1, 0.15) is 0 Å². The van der Waals surface area contributed by atoms with E-state index in [-0.39, 0.29) is 0 Å². The summed E-state index contributed by atoms with van der Waals surface area (Å²) in [7, 11) is 0. The smallest absolute Gasteiger partial charge is 0.0861 e. The molecule has 40 valence electrons. The summed E-state index contributed by atoms with van der Waals surface area (Å²) >= 11 is 0. The Morgan fingerprint density at radius 3 is 3.00 bits per heavy atom. The quantitative estimate of drug-likeness (QED) is 0.470. The van der Waals surface area contributed by atoms with Crippen molar-refractivity contribution in [1.29, 1.82) is 0 Å². The molecule has 0 saturated carbocycles. The molecule has 1 aliphatic heterocycles. The van der Waals surface area contributed by atoms with Gasteiger partial charge >= 0.3 is 0 Å². The Balaban J connectivity index is 2.28. The van der Waals surface area contributed by atoms with Crippen LogP contribution in [0.5, 0.6) is 0 Å². The van der Waals surface area contributed by atoms with Gasteiger partial charge in [0, 0.05) is 6.54 Å². The van der Waals surface area contributed by atoms with Crippen LogP contribution in [-0.4, -0.2) is 31.0 Å². The average Bonchev–Trinajstić information content (AvgIpc) is 2.14. The van der Waals surface area contributed by atoms with E-state index in [1.165, 1.54) is 0 Å². The van der Waals surface area contributed by atoms with Crippen LogP contribution in [-0.2, 0) is 0 Å². The van der Waals surface area contributed by atoms with Crippen molar-refractivity contribution in [2.24, 2.45) is 10.7 Å². The molecule has 0 radical (unpaired) electrons. The van der Waals surface area contributed by atoms with Crippen molar-refractivity contribution >= 4 is 6.34 Å². The first-order chi connectivity index (χ1) is 3.43. The molecule has 3 nitrogen and oxygen atoms in total. The highest BCUT2D eigenvalue weighted by atomic mass is 15.2. The molecule has 0 aliphatic carbocycles. The van der Waals surface area contributed by atoms with Gasteiger partial charge in [0.2, 0.25) is 0 Å². The lowest BCUT2D eigenvalue weighted by atomic mass is 10.6. The normalized spacial score (nSPS) is 18.7. The van der Waals surface area contributed by atoms with Crippen LogP contribution in [0.3, 0.4) is 0 Å². The highest BCUT2D eigenvalue weighted by Crippen LogP contribution is 1.87. The second-order valence-corrected chi connectivity index (χ2v) is 1.52. The first kappa shape index (κ1) is 4.59. The minimum atomic E-state index is 0.601. The molecule has 0 aromatic carbocycles. The molecule has 0 unspecified atom stereocenters. The first-order valence-electron chi connectivity index (χ1n) is 2.37. The fourth-order valence-corrected chi connectivity index (χ4v) is 0.556. The van der Waals surface area contributed by atoms with Gasteiger partial charge in [0.25, 0.3) is 0 Å². The van der Waals surface area contributed by atoms with Crippen LogP contribution in [0.1, 0.15) is 0 Å². The predicted molar refractivity (Wildman–Crippen MR) is 29.1 cm³/mol. The molecule has 0 aromatic rings. The summed E-state index contributed by atoms with van der Waals surface area (Å²) in [5.74, 6) is 0. The number of hydrogen-bond acceptors (Lipinski definition) is 3. The van der Waals surface area contributed by atoms with E-state index < -0.39 is 0 Å². The molecule has 1 aliphatic rings. The van der Waals surface area contributed by atoms with Crippen LogP contribution in [0.2, 0.25) is 0 Å². The SMILES string of the molecule is NCN1C=NCC1. The van der Waals surface area contributed by atoms with E-state index in [0.717, 1.165) is 13.1 Å². The Morgan fingerprint density at radius 1 is 1.86 bits per heavy atom. The minimum Gasteiger partial charge on any atom is -0.349 e. The topological polar surface area (TPSA) is 41.6 Å². The Morgan fingerprint density at radius 2 is 2.71 bits per heavy atom. The molecule has 0 bridgehead atoms. The summed E-state index contributed by atoms with van der Waals surface area (Å²) in [6.45, 7) is 2.51. The highest BCUT2D eigenvalue weighted by molar-refractivity contribution is 5.56. The molecule has 1 heterocycles. The molecule has 0 aromatic heterocycles. The molecule has 7 heavy (non-hydrogen) atoms. The van der Waals surface area contributed by atoms with Crippen molar-refractivity contribution in [1.82, 2.24) is 4.90 Å². The molecule has 3 heteroatoms. The van der Waals surface area contributed by atoms with Crippen molar-refractivity contribution in [3.8, 4) is 0 Å². The molecule has 0 spiro atoms. The molecular formula is C4H9N3. The van der Waals surface area contributed by atoms with Gasteiger partial charge in [-0.05, 0) is 0 Å². The van der Waals surface area contributed by atoms with Gasteiger partial charge in [-0.3, -0.25) is 4.99 Å². The minimum absolute atomic E-state index is 0.601. The van der Waals surface area contributed by atoms with E-state index >= 15 is 0 Å². The third-order valence-corrected chi connectivity index (χ3v) is 0.996. The fourth-order valence-electron chi connectivity index (χ4n) is 0.556. The van der Waals surface area contributed by atoms with Crippen LogP contribution in [0, 0.1) is 0 Å². The van der Waals surface area contributed by atoms with E-state index in [0.29, 0.717) is 6.67 Å². The summed E-state index contributed by atoms with van der Waals surface area (Å²) < 4.78 is 0. The van der Waals surface area contributed by atoms with Crippen LogP contribution < -0.4 is 5.73 Å². The molecule has 0 saturated heterocycles. The Kier molecular flexibility index (Phi) is 1.26. The fraction of sp³-hybridized carbons (Fsp3) is 0.750. The third-order valence-electron chi connectivity index (χ3n) is 0.996. The molecule has 0 atom stereocenters. The van der Waals surface area contributed by atoms with Gasteiger partial charge in [-0.15, -0.1) is 0 Å². The van der Waals surface area contributed by atoms with E-state index in [2.05, 4.69) is 4.99 Å². The highest BCUT2D eigenvalue weighted by Gasteiger charge is 1.99. The van der Waals surface area contributed by atoms with Crippen molar-refractivity contribution in [2.45, 2.75) is 0 Å². The lowest BCUT2D eigenvalue weighted by molar-refractivity contribution is 0.482. The van der Waals surface area contributed by atoms with Crippen LogP contribution in [0.15, 0.2) is 4.99 Å². The van der Waals surface area contributed by atoms with Crippen molar-refractivity contribution < 1.29 is 0 Å². The summed E-state index contributed by atoms with van der Waals surface area (Å²) in [6, 6.07) is 0. The molecule has 0 fully saturated rings. The average molecular weight is 99.1 g/mol. The van der Waals surface area contributed by atoms with Crippen molar-refractivity contribution in [3.63, 3.8) is 0 Å². The third kappa shape index (κ3) is 0.899. The molecule has 0 amide bonds. The summed E-state index contributed by atoms with van der Waals surface area (Å²) in [4.78, 5) is 5.93. The van der Waals surface area contributed by atoms with Crippen LogP contribution >= 0.6 is 0 Å². The summed E-state index contributed by atoms with van der Waals surface area (Å²) in [5.41, 5.74) is 5.27. The number of rotatable bonds is 1. The largest absolute Gasteiger partial charge is 0.349 e. The maximum Gasteiger partial charge on any atom is 0.0861 e. The summed E-state index contributed by atoms with van der Waals surface area (Å²) in [6.07, 6.45) is 1.79. The van der Waals surface area contributed by atoms with E-state index in [1.807, 2.05) is 4.90 Å². The summed E-state index contributed by atoms with van der Waals surface area (Å²) in [5, 5.41) is 0. The van der Waals surface area contributed by atoms with Gasteiger partial charge in [-0.1, -0.05) is 0 Å². The van der Waals surface area contributed by atoms with Crippen LogP contribution in [0.4, 0.5) is 0 Å². The standard InChI is InChI=1S/C4H9N3/c5-3-7-2-1-6-4-7/h4H,1-3,5H2. The van der Waals surface area contributed by atoms with Crippen molar-refractivity contribution in [2.75, 3.05) is 19.8 Å². The Hall–Kier alpha value is -0.570. The van der Waals surface area contributed by atoms with E-state index in [1.54, 1.807) is 6.34 Å². The maximum atomic E-state index is 5.27. The zero-order valence-electron chi connectivity index (χ0n) is 4.17. The van der Waals surface area contributed by atoms with Crippen molar-refractivity contribution in [3.05, 3.63) is 0 Å². The lowest BCUT2D eigenvalue weighted by Crippen LogP contribution is -2.26. The predicted octanol–water partition coefficient (Wildman–Crippen LogP) is -0.754. The zero-order valence-corrected chi connectivity index (χ0v) is 4.17. The van der Waals surface area contributed by atoms with Gasteiger partial charge < -0.3 is 10.6 Å². The van der Waals surface area contributed by atoms with Gasteiger partial charge in [-0.25, -0.2) is 0 Å². The molecule has 2 N–H and O–H groups in total. The lowest BCUT2D eigenvalue weighted by Gasteiger charge is -2.07. The zero-order chi connectivity index (χ0) is 5.11. The van der Waals surface area contributed by atoms with E-state index in [4.69, 9.17) is 5.73 Å². The van der Waals surface area contributed by atoms with Gasteiger partial charge in [-0.2, -0.15) is 0 Å².